The first-order valence-corrected chi connectivity index (χ1v) is 14.1. The summed E-state index contributed by atoms with van der Waals surface area (Å²) in [6.45, 7) is 17.8. The van der Waals surface area contributed by atoms with E-state index in [2.05, 4.69) is 53.7 Å². The van der Waals surface area contributed by atoms with Crippen molar-refractivity contribution in [3.05, 3.63) is 35.5 Å². The molecule has 0 spiro atoms. The summed E-state index contributed by atoms with van der Waals surface area (Å²) >= 11 is 0. The number of carbonyl (C=O) groups is 4. The van der Waals surface area contributed by atoms with Crippen LogP contribution in [0.15, 0.2) is 35.5 Å². The van der Waals surface area contributed by atoms with E-state index in [0.29, 0.717) is 46.0 Å². The molecule has 0 aromatic heterocycles. The van der Waals surface area contributed by atoms with Gasteiger partial charge in [-0.25, -0.2) is 19.2 Å². The molecule has 6 atom stereocenters. The summed E-state index contributed by atoms with van der Waals surface area (Å²) in [4.78, 5) is 44.5. The van der Waals surface area contributed by atoms with Crippen LogP contribution < -0.4 is 0 Å². The number of carbonyl (C=O) groups excluding carboxylic acids is 2. The zero-order valence-corrected chi connectivity index (χ0v) is 24.8. The van der Waals surface area contributed by atoms with Crippen molar-refractivity contribution in [2.45, 2.75) is 93.9 Å². The molecule has 4 fully saturated rings. The fourth-order valence-corrected chi connectivity index (χ4v) is 8.16. The molecule has 0 radical (unpaired) electrons. The monoisotopic (exact) mass is 542 g/mol. The Kier molecular flexibility index (Phi) is 8.46. The van der Waals surface area contributed by atoms with Crippen LogP contribution in [0.1, 0.15) is 93.9 Å². The number of esters is 2. The van der Waals surface area contributed by atoms with Crippen molar-refractivity contribution in [1.29, 1.82) is 0 Å². The molecule has 4 rings (SSSR count). The molecular formula is C32H46O7. The third kappa shape index (κ3) is 5.51. The second-order valence-electron chi connectivity index (χ2n) is 13.8. The minimum atomic E-state index is -1.26. The van der Waals surface area contributed by atoms with Gasteiger partial charge in [-0.3, -0.25) is 0 Å². The molecule has 0 heterocycles. The smallest absolute Gasteiger partial charge is 0.341 e. The van der Waals surface area contributed by atoms with E-state index in [9.17, 15) is 19.2 Å². The van der Waals surface area contributed by atoms with Crippen LogP contribution in [-0.4, -0.2) is 34.1 Å². The third-order valence-electron chi connectivity index (χ3n) is 11.8. The summed E-state index contributed by atoms with van der Waals surface area (Å²) < 4.78 is 5.31. The van der Waals surface area contributed by atoms with Crippen molar-refractivity contribution < 1.29 is 34.1 Å². The Labute approximate surface area is 232 Å². The molecule has 6 unspecified atom stereocenters. The quantitative estimate of drug-likeness (QED) is 0.221. The van der Waals surface area contributed by atoms with E-state index in [1.165, 1.54) is 25.7 Å². The van der Waals surface area contributed by atoms with E-state index in [-0.39, 0.29) is 10.8 Å². The molecule has 4 aliphatic rings. The Hall–Kier alpha value is -2.70. The summed E-state index contributed by atoms with van der Waals surface area (Å²) in [6.07, 6.45) is 12.6. The van der Waals surface area contributed by atoms with Crippen LogP contribution in [0.4, 0.5) is 0 Å². The molecule has 0 saturated heterocycles. The Bertz CT molecular complexity index is 1040. The van der Waals surface area contributed by atoms with Gasteiger partial charge in [-0.15, -0.1) is 0 Å². The lowest BCUT2D eigenvalue weighted by Crippen LogP contribution is -2.32. The topological polar surface area (TPSA) is 118 Å². The van der Waals surface area contributed by atoms with Crippen molar-refractivity contribution in [3.8, 4) is 0 Å². The lowest BCUT2D eigenvalue weighted by Gasteiger charge is -2.38. The van der Waals surface area contributed by atoms with Gasteiger partial charge >= 0.3 is 23.9 Å². The zero-order chi connectivity index (χ0) is 29.6. The predicted molar refractivity (Wildman–Crippen MR) is 148 cm³/mol. The maximum Gasteiger partial charge on any atom is 0.341 e. The maximum absolute atomic E-state index is 12.7. The van der Waals surface area contributed by atoms with Crippen LogP contribution in [0.3, 0.4) is 0 Å². The lowest BCUT2D eigenvalue weighted by atomic mass is 9.66. The number of fused-ring (bicyclic) bond motifs is 4. The molecule has 39 heavy (non-hydrogen) atoms. The Morgan fingerprint density at radius 3 is 1.23 bits per heavy atom. The van der Waals surface area contributed by atoms with Gasteiger partial charge in [0, 0.05) is 23.3 Å². The molecule has 0 aliphatic heterocycles. The predicted octanol–water partition coefficient (Wildman–Crippen LogP) is 6.59. The van der Waals surface area contributed by atoms with Gasteiger partial charge in [-0.1, -0.05) is 53.7 Å². The molecule has 216 valence electrons. The minimum Gasteiger partial charge on any atom is -0.478 e. The third-order valence-corrected chi connectivity index (χ3v) is 11.8. The average Bonchev–Trinajstić information content (AvgIpc) is 3.35. The number of allylic oxidation sites excluding steroid dienone is 2. The van der Waals surface area contributed by atoms with E-state index < -0.39 is 23.9 Å². The van der Waals surface area contributed by atoms with E-state index >= 15 is 0 Å². The number of carboxylic acid groups (broad SMARTS) is 2. The highest BCUT2D eigenvalue weighted by atomic mass is 16.6. The summed E-state index contributed by atoms with van der Waals surface area (Å²) in [6, 6.07) is 0. The summed E-state index contributed by atoms with van der Waals surface area (Å²) in [7, 11) is 0. The van der Waals surface area contributed by atoms with Crippen molar-refractivity contribution in [2.24, 2.45) is 45.3 Å². The highest BCUT2D eigenvalue weighted by Gasteiger charge is 2.61. The van der Waals surface area contributed by atoms with Gasteiger partial charge in [0.2, 0.25) is 0 Å². The summed E-state index contributed by atoms with van der Waals surface area (Å²) in [5, 5.41) is 15.6. The first-order chi connectivity index (χ1) is 17.9. The standard InChI is InChI=1S/C28H42O3.C4H4O4/c1-17(13-21-15-19-9-11-27(21,7)25(19,3)4)23(29)31-24(30)18(2)14-22-16-20-10-12-28(22,8)26(20,5)6;5-3(6)1-2-4(7)8/h13-14,19-22H,9-12,15-16H2,1-8H3;1-2H,(H,5,6)(H,7,8)/b;2-1-. The molecule has 7 nitrogen and oxygen atoms in total. The van der Waals surface area contributed by atoms with Gasteiger partial charge in [0.15, 0.2) is 0 Å². The molecule has 2 N–H and O–H groups in total. The number of aliphatic carboxylic acids is 2. The molecule has 0 amide bonds. The van der Waals surface area contributed by atoms with Crippen LogP contribution in [0.5, 0.6) is 0 Å². The van der Waals surface area contributed by atoms with Gasteiger partial charge in [-0.05, 0) is 97.7 Å². The van der Waals surface area contributed by atoms with Gasteiger partial charge in [-0.2, -0.15) is 0 Å². The fourth-order valence-electron chi connectivity index (χ4n) is 8.16. The van der Waals surface area contributed by atoms with Crippen LogP contribution in [-0.2, 0) is 23.9 Å². The van der Waals surface area contributed by atoms with Crippen molar-refractivity contribution in [2.75, 3.05) is 0 Å². The first-order valence-electron chi connectivity index (χ1n) is 14.1. The molecule has 7 heteroatoms. The van der Waals surface area contributed by atoms with Gasteiger partial charge in [0.05, 0.1) is 0 Å². The number of rotatable bonds is 6. The van der Waals surface area contributed by atoms with Crippen LogP contribution >= 0.6 is 0 Å². The van der Waals surface area contributed by atoms with Crippen molar-refractivity contribution in [3.63, 3.8) is 0 Å². The summed E-state index contributed by atoms with van der Waals surface area (Å²) in [5.74, 6) is -1.26. The fraction of sp³-hybridized carbons (Fsp3) is 0.688. The number of ether oxygens (including phenoxy) is 1. The van der Waals surface area contributed by atoms with Crippen LogP contribution in [0, 0.1) is 45.3 Å². The van der Waals surface area contributed by atoms with Crippen molar-refractivity contribution >= 4 is 23.9 Å². The van der Waals surface area contributed by atoms with Gasteiger partial charge in [0.1, 0.15) is 0 Å². The SMILES string of the molecule is CC(=CC1CC2CCC1(C)C2(C)C)C(=O)OC(=O)C(C)=CC1CC2CCC1(C)C2(C)C.O=C(O)/C=C\C(=O)O. The molecular weight excluding hydrogens is 496 g/mol. The summed E-state index contributed by atoms with van der Waals surface area (Å²) in [5.41, 5.74) is 2.20. The first kappa shape index (κ1) is 30.8. The van der Waals surface area contributed by atoms with Crippen LogP contribution in [0.2, 0.25) is 0 Å². The average molecular weight is 543 g/mol. The zero-order valence-electron chi connectivity index (χ0n) is 24.8. The normalized spacial score (nSPS) is 36.0. The van der Waals surface area contributed by atoms with E-state index in [1.807, 2.05) is 0 Å². The van der Waals surface area contributed by atoms with E-state index in [0.717, 1.165) is 24.7 Å². The molecule has 4 aliphatic carbocycles. The molecule has 4 bridgehead atoms. The lowest BCUT2D eigenvalue weighted by molar-refractivity contribution is -0.154. The number of hydrogen-bond donors (Lipinski definition) is 2. The Morgan fingerprint density at radius 1 is 0.667 bits per heavy atom. The van der Waals surface area contributed by atoms with E-state index in [4.69, 9.17) is 14.9 Å². The highest BCUT2D eigenvalue weighted by Crippen LogP contribution is 2.69. The molecule has 0 aromatic carbocycles. The Morgan fingerprint density at radius 2 is 1.00 bits per heavy atom. The number of carboxylic acids is 2. The van der Waals surface area contributed by atoms with E-state index in [1.54, 1.807) is 13.8 Å². The highest BCUT2D eigenvalue weighted by molar-refractivity contribution is 6.01. The van der Waals surface area contributed by atoms with Gasteiger partial charge < -0.3 is 14.9 Å². The van der Waals surface area contributed by atoms with Crippen molar-refractivity contribution in [1.82, 2.24) is 0 Å². The number of hydrogen-bond acceptors (Lipinski definition) is 5. The molecule has 0 aromatic rings. The second-order valence-corrected chi connectivity index (χ2v) is 13.8. The van der Waals surface area contributed by atoms with Gasteiger partial charge in [0.25, 0.3) is 0 Å². The Balaban J connectivity index is 0.000000459. The largest absolute Gasteiger partial charge is 0.478 e. The minimum absolute atomic E-state index is 0.225. The van der Waals surface area contributed by atoms with Crippen LogP contribution in [0.25, 0.3) is 0 Å². The molecule has 4 saturated carbocycles. The second kappa shape index (κ2) is 10.7. The maximum atomic E-state index is 12.7.